The first kappa shape index (κ1) is 28.6. The maximum atomic E-state index is 4.54. The Morgan fingerprint density at radius 3 is 1.32 bits per heavy atom. The summed E-state index contributed by atoms with van der Waals surface area (Å²) < 4.78 is 0. The standard InChI is InChI=1S/C21H19N3.3ClH.V/c1-16-6-10-18(11-7-16)22-14-20-4-3-5-21(24-20)15-23-19-12-8-17(2)9-13-19;;;;/h3-15H,1-2H3;3*1H;/q;;;;+3/p-3. The summed E-state index contributed by atoms with van der Waals surface area (Å²) in [5.74, 6) is 0. The van der Waals surface area contributed by atoms with Crippen molar-refractivity contribution < 1.29 is 55.8 Å². The van der Waals surface area contributed by atoms with Gasteiger partial charge in [0.25, 0.3) is 0 Å². The molecule has 0 saturated carbocycles. The molecule has 0 aliphatic carbocycles. The number of hydrogen-bond donors (Lipinski definition) is 0. The van der Waals surface area contributed by atoms with Crippen LogP contribution in [0.3, 0.4) is 0 Å². The summed E-state index contributed by atoms with van der Waals surface area (Å²) in [6.45, 7) is 4.12. The molecule has 3 aromatic rings. The molecular weight excluding hydrogens is 452 g/mol. The molecule has 3 nitrogen and oxygen atoms in total. The van der Waals surface area contributed by atoms with Gasteiger partial charge in [-0.1, -0.05) is 41.5 Å². The van der Waals surface area contributed by atoms with Crippen LogP contribution in [0.2, 0.25) is 0 Å². The van der Waals surface area contributed by atoms with Crippen LogP contribution in [0.1, 0.15) is 22.5 Å². The Bertz CT molecular complexity index is 809. The number of hydrogen-bond acceptors (Lipinski definition) is 3. The smallest absolute Gasteiger partial charge is 1.00 e. The van der Waals surface area contributed by atoms with Crippen molar-refractivity contribution in [2.75, 3.05) is 0 Å². The molecule has 28 heavy (non-hydrogen) atoms. The van der Waals surface area contributed by atoms with Crippen LogP contribution in [-0.4, -0.2) is 17.4 Å². The van der Waals surface area contributed by atoms with E-state index in [4.69, 9.17) is 0 Å². The fraction of sp³-hybridized carbons (Fsp3) is 0.0952. The number of aromatic nitrogens is 1. The molecule has 0 N–H and O–H groups in total. The van der Waals surface area contributed by atoms with E-state index >= 15 is 0 Å². The van der Waals surface area contributed by atoms with Gasteiger partial charge in [0, 0.05) is 0 Å². The molecule has 7 heteroatoms. The van der Waals surface area contributed by atoms with Gasteiger partial charge < -0.3 is 37.2 Å². The van der Waals surface area contributed by atoms with Gasteiger partial charge in [0.05, 0.1) is 35.2 Å². The third-order valence-corrected chi connectivity index (χ3v) is 3.55. The number of rotatable bonds is 4. The first-order valence-electron chi connectivity index (χ1n) is 7.87. The van der Waals surface area contributed by atoms with E-state index in [9.17, 15) is 0 Å². The van der Waals surface area contributed by atoms with E-state index in [1.165, 1.54) is 11.1 Å². The van der Waals surface area contributed by atoms with E-state index < -0.39 is 0 Å². The van der Waals surface area contributed by atoms with E-state index in [2.05, 4.69) is 28.8 Å². The van der Waals surface area contributed by atoms with Gasteiger partial charge in [0.15, 0.2) is 0 Å². The number of pyridine rings is 1. The number of aliphatic imine (C=N–C) groups is 2. The molecule has 0 bridgehead atoms. The Balaban J connectivity index is 0. The minimum Gasteiger partial charge on any atom is -1.00 e. The van der Waals surface area contributed by atoms with Crippen molar-refractivity contribution in [2.24, 2.45) is 9.98 Å². The Morgan fingerprint density at radius 1 is 0.607 bits per heavy atom. The summed E-state index contributed by atoms with van der Waals surface area (Å²) in [4.78, 5) is 13.4. The van der Waals surface area contributed by atoms with Crippen LogP contribution in [0.4, 0.5) is 11.4 Å². The monoisotopic (exact) mass is 469 g/mol. The van der Waals surface area contributed by atoms with E-state index in [1.54, 1.807) is 12.4 Å². The van der Waals surface area contributed by atoms with E-state index in [1.807, 2.05) is 66.7 Å². The van der Waals surface area contributed by atoms with E-state index in [0.29, 0.717) is 0 Å². The Kier molecular flexibility index (Phi) is 14.7. The molecule has 0 atom stereocenters. The molecule has 0 unspecified atom stereocenters. The molecule has 0 fully saturated rings. The van der Waals surface area contributed by atoms with E-state index in [0.717, 1.165) is 22.8 Å². The van der Waals surface area contributed by atoms with Crippen molar-refractivity contribution >= 4 is 23.8 Å². The van der Waals surface area contributed by atoms with Crippen LogP contribution >= 0.6 is 0 Å². The quantitative estimate of drug-likeness (QED) is 0.361. The molecule has 0 aliphatic heterocycles. The third-order valence-electron chi connectivity index (χ3n) is 3.55. The molecule has 2 aromatic carbocycles. The molecule has 144 valence electrons. The van der Waals surface area contributed by atoms with Crippen LogP contribution in [-0.2, 0) is 18.6 Å². The largest absolute Gasteiger partial charge is 3.00 e. The van der Waals surface area contributed by atoms with Crippen molar-refractivity contribution in [3.05, 3.63) is 89.2 Å². The second-order valence-corrected chi connectivity index (χ2v) is 5.67. The van der Waals surface area contributed by atoms with Gasteiger partial charge in [-0.25, -0.2) is 4.98 Å². The minimum atomic E-state index is 0. The maximum absolute atomic E-state index is 4.54. The molecule has 1 aromatic heterocycles. The molecule has 0 spiro atoms. The van der Waals surface area contributed by atoms with Crippen LogP contribution in [0, 0.1) is 13.8 Å². The second kappa shape index (κ2) is 14.4. The van der Waals surface area contributed by atoms with Crippen LogP contribution in [0.5, 0.6) is 0 Å². The van der Waals surface area contributed by atoms with Gasteiger partial charge in [-0.15, -0.1) is 0 Å². The molecule has 1 heterocycles. The van der Waals surface area contributed by atoms with Gasteiger partial charge in [-0.2, -0.15) is 0 Å². The summed E-state index contributed by atoms with van der Waals surface area (Å²) in [7, 11) is 0. The first-order chi connectivity index (χ1) is 11.7. The fourth-order valence-electron chi connectivity index (χ4n) is 2.16. The molecule has 0 amide bonds. The summed E-state index contributed by atoms with van der Waals surface area (Å²) in [6, 6.07) is 22.0. The number of nitrogens with zero attached hydrogens (tertiary/aromatic N) is 3. The average Bonchev–Trinajstić information content (AvgIpc) is 2.61. The summed E-state index contributed by atoms with van der Waals surface area (Å²) in [6.07, 6.45) is 3.54. The maximum Gasteiger partial charge on any atom is 3.00 e. The molecule has 3 rings (SSSR count). The summed E-state index contributed by atoms with van der Waals surface area (Å²) >= 11 is 0. The Morgan fingerprint density at radius 2 is 0.964 bits per heavy atom. The van der Waals surface area contributed by atoms with Crippen LogP contribution in [0.25, 0.3) is 0 Å². The van der Waals surface area contributed by atoms with Crippen LogP contribution in [0.15, 0.2) is 76.7 Å². The second-order valence-electron chi connectivity index (χ2n) is 5.67. The van der Waals surface area contributed by atoms with Gasteiger partial charge in [-0.05, 0) is 50.2 Å². The van der Waals surface area contributed by atoms with Crippen molar-refractivity contribution in [1.82, 2.24) is 4.98 Å². The average molecular weight is 471 g/mol. The van der Waals surface area contributed by atoms with Crippen molar-refractivity contribution in [3.63, 3.8) is 0 Å². The third kappa shape index (κ3) is 9.05. The van der Waals surface area contributed by atoms with Crippen molar-refractivity contribution in [3.8, 4) is 0 Å². The molecule has 0 saturated heterocycles. The fourth-order valence-corrected chi connectivity index (χ4v) is 2.16. The zero-order chi connectivity index (χ0) is 16.8. The van der Waals surface area contributed by atoms with Gasteiger partial charge in [0.1, 0.15) is 0 Å². The summed E-state index contributed by atoms with van der Waals surface area (Å²) in [5, 5.41) is 0. The first-order valence-corrected chi connectivity index (χ1v) is 7.87. The number of halogens is 3. The van der Waals surface area contributed by atoms with Crippen molar-refractivity contribution in [1.29, 1.82) is 0 Å². The number of benzene rings is 2. The zero-order valence-electron chi connectivity index (χ0n) is 15.4. The van der Waals surface area contributed by atoms with E-state index in [-0.39, 0.29) is 55.8 Å². The summed E-state index contributed by atoms with van der Waals surface area (Å²) in [5.41, 5.74) is 5.90. The van der Waals surface area contributed by atoms with Crippen LogP contribution < -0.4 is 37.2 Å². The molecule has 0 radical (unpaired) electrons. The topological polar surface area (TPSA) is 37.6 Å². The Labute approximate surface area is 196 Å². The Hall–Kier alpha value is -1.62. The normalized spacial score (nSPS) is 9.79. The predicted octanol–water partition coefficient (Wildman–Crippen LogP) is -3.79. The SMILES string of the molecule is Cc1ccc(N=Cc2cccc(C=Nc3ccc(C)cc3)n2)cc1.[Cl-].[Cl-].[Cl-].[V+3]. The zero-order valence-corrected chi connectivity index (χ0v) is 19.1. The minimum absolute atomic E-state index is 0. The molecule has 0 aliphatic rings. The van der Waals surface area contributed by atoms with Gasteiger partial charge >= 0.3 is 18.6 Å². The van der Waals surface area contributed by atoms with Gasteiger partial charge in [-0.3, -0.25) is 9.98 Å². The van der Waals surface area contributed by atoms with Gasteiger partial charge in [0.2, 0.25) is 0 Å². The predicted molar refractivity (Wildman–Crippen MR) is 101 cm³/mol. The van der Waals surface area contributed by atoms with Crippen molar-refractivity contribution in [2.45, 2.75) is 13.8 Å². The number of aryl methyl sites for hydroxylation is 2. The molecular formula is C21H19Cl3N3V.